The van der Waals surface area contributed by atoms with E-state index in [1.165, 1.54) is 0 Å². The van der Waals surface area contributed by atoms with Crippen LogP contribution in [-0.4, -0.2) is 23.0 Å². The van der Waals surface area contributed by atoms with Crippen molar-refractivity contribution in [2.75, 3.05) is 0 Å². The van der Waals surface area contributed by atoms with Gasteiger partial charge < -0.3 is 10.4 Å². The molecule has 0 aliphatic heterocycles. The number of halogens is 1. The second kappa shape index (κ2) is 6.94. The lowest BCUT2D eigenvalue weighted by Crippen LogP contribution is -2.42. The van der Waals surface area contributed by atoms with Crippen LogP contribution in [0.15, 0.2) is 18.2 Å². The van der Waals surface area contributed by atoms with E-state index in [1.54, 1.807) is 18.2 Å². The number of rotatable bonds is 3. The summed E-state index contributed by atoms with van der Waals surface area (Å²) in [5.41, 5.74) is 1.39. The summed E-state index contributed by atoms with van der Waals surface area (Å²) in [6, 6.07) is 4.84. The highest BCUT2D eigenvalue weighted by atomic mass is 35.5. The van der Waals surface area contributed by atoms with Crippen LogP contribution in [0.1, 0.15) is 48.0 Å². The smallest absolute Gasteiger partial charge is 0.308 e. The maximum atomic E-state index is 12.3. The number of carboxylic acid groups (broad SMARTS) is 1. The molecule has 0 spiro atoms. The number of hydrogen-bond donors (Lipinski definition) is 2. The van der Waals surface area contributed by atoms with Gasteiger partial charge >= 0.3 is 5.97 Å². The third kappa shape index (κ3) is 4.21. The largest absolute Gasteiger partial charge is 0.481 e. The van der Waals surface area contributed by atoms with Gasteiger partial charge in [0.2, 0.25) is 0 Å². The first-order chi connectivity index (χ1) is 9.97. The van der Waals surface area contributed by atoms with Crippen molar-refractivity contribution in [3.8, 4) is 0 Å². The summed E-state index contributed by atoms with van der Waals surface area (Å²) in [5.74, 6) is -1.58. The molecule has 114 valence electrons. The van der Waals surface area contributed by atoms with Crippen LogP contribution in [0, 0.1) is 12.8 Å². The molecule has 1 amide bonds. The highest BCUT2D eigenvalue weighted by Gasteiger charge is 2.30. The van der Waals surface area contributed by atoms with Gasteiger partial charge in [0.1, 0.15) is 0 Å². The Hall–Kier alpha value is -1.55. The van der Waals surface area contributed by atoms with Gasteiger partial charge in [-0.1, -0.05) is 30.9 Å². The van der Waals surface area contributed by atoms with Crippen molar-refractivity contribution in [2.45, 2.75) is 45.1 Å². The quantitative estimate of drug-likeness (QED) is 0.841. The molecule has 1 fully saturated rings. The van der Waals surface area contributed by atoms with Crippen molar-refractivity contribution in [3.05, 3.63) is 34.3 Å². The maximum absolute atomic E-state index is 12.3. The minimum Gasteiger partial charge on any atom is -0.481 e. The van der Waals surface area contributed by atoms with Crippen molar-refractivity contribution in [1.82, 2.24) is 5.32 Å². The molecule has 1 saturated carbocycles. The summed E-state index contributed by atoms with van der Waals surface area (Å²) in [6.45, 7) is 1.87. The number of carboxylic acids is 1. The predicted octanol–water partition coefficient (Wildman–Crippen LogP) is 3.41. The van der Waals surface area contributed by atoms with Gasteiger partial charge in [-0.15, -0.1) is 0 Å². The summed E-state index contributed by atoms with van der Waals surface area (Å²) in [6.07, 6.45) is 4.20. The number of hydrogen-bond acceptors (Lipinski definition) is 2. The zero-order valence-electron chi connectivity index (χ0n) is 12.1. The van der Waals surface area contributed by atoms with Gasteiger partial charge in [-0.2, -0.15) is 0 Å². The predicted molar refractivity (Wildman–Crippen MR) is 81.7 cm³/mol. The fourth-order valence-electron chi connectivity index (χ4n) is 2.90. The Labute approximate surface area is 129 Å². The summed E-state index contributed by atoms with van der Waals surface area (Å²) < 4.78 is 0. The van der Waals surface area contributed by atoms with Crippen LogP contribution >= 0.6 is 11.6 Å². The number of aliphatic carboxylic acids is 1. The van der Waals surface area contributed by atoms with E-state index < -0.39 is 11.9 Å². The average molecular weight is 310 g/mol. The van der Waals surface area contributed by atoms with Crippen molar-refractivity contribution in [1.29, 1.82) is 0 Å². The third-order valence-corrected chi connectivity index (χ3v) is 4.17. The molecule has 1 aliphatic rings. The summed E-state index contributed by atoms with van der Waals surface area (Å²) in [5, 5.41) is 12.7. The Morgan fingerprint density at radius 2 is 1.90 bits per heavy atom. The van der Waals surface area contributed by atoms with Crippen LogP contribution in [0.25, 0.3) is 0 Å². The lowest BCUT2D eigenvalue weighted by atomic mass is 9.94. The molecule has 5 heteroatoms. The standard InChI is InChI=1S/C16H20ClNO3/c1-10-7-11(9-12(17)8-10)15(19)18-14-6-4-2-3-5-13(14)16(20)21/h7-9,13-14H,2-6H2,1H3,(H,18,19)(H,20,21). The van der Waals surface area contributed by atoms with Crippen molar-refractivity contribution < 1.29 is 14.7 Å². The highest BCUT2D eigenvalue weighted by molar-refractivity contribution is 6.31. The van der Waals surface area contributed by atoms with E-state index in [4.69, 9.17) is 11.6 Å². The van der Waals surface area contributed by atoms with Crippen LogP contribution in [0.2, 0.25) is 5.02 Å². The van der Waals surface area contributed by atoms with Gasteiger partial charge in [0.25, 0.3) is 5.91 Å². The van der Waals surface area contributed by atoms with E-state index in [2.05, 4.69) is 5.32 Å². The molecule has 0 radical (unpaired) electrons. The van der Waals surface area contributed by atoms with Crippen LogP contribution in [0.5, 0.6) is 0 Å². The molecule has 2 rings (SSSR count). The number of carbonyl (C=O) groups excluding carboxylic acids is 1. The first-order valence-corrected chi connectivity index (χ1v) is 7.66. The van der Waals surface area contributed by atoms with Gasteiger partial charge in [-0.25, -0.2) is 0 Å². The first kappa shape index (κ1) is 15.8. The van der Waals surface area contributed by atoms with Gasteiger partial charge in [0.15, 0.2) is 0 Å². The second-order valence-electron chi connectivity index (χ2n) is 5.68. The third-order valence-electron chi connectivity index (χ3n) is 3.95. The molecule has 1 aliphatic carbocycles. The van der Waals surface area contributed by atoms with E-state index in [0.29, 0.717) is 23.4 Å². The first-order valence-electron chi connectivity index (χ1n) is 7.28. The molecule has 2 unspecified atom stereocenters. The summed E-state index contributed by atoms with van der Waals surface area (Å²) >= 11 is 5.97. The Bertz CT molecular complexity index is 524. The highest BCUT2D eigenvalue weighted by Crippen LogP contribution is 2.24. The second-order valence-corrected chi connectivity index (χ2v) is 6.12. The zero-order valence-corrected chi connectivity index (χ0v) is 12.8. The molecule has 21 heavy (non-hydrogen) atoms. The molecule has 0 bridgehead atoms. The summed E-state index contributed by atoms with van der Waals surface area (Å²) in [4.78, 5) is 23.7. The van der Waals surface area contributed by atoms with Crippen LogP contribution in [-0.2, 0) is 4.79 Å². The molecule has 4 nitrogen and oxygen atoms in total. The molecule has 0 saturated heterocycles. The Morgan fingerprint density at radius 1 is 1.19 bits per heavy atom. The van der Waals surface area contributed by atoms with Gasteiger partial charge in [0.05, 0.1) is 5.92 Å². The number of amides is 1. The number of benzene rings is 1. The van der Waals surface area contributed by atoms with Crippen LogP contribution < -0.4 is 5.32 Å². The van der Waals surface area contributed by atoms with Gasteiger partial charge in [0, 0.05) is 16.6 Å². The van der Waals surface area contributed by atoms with Crippen molar-refractivity contribution in [3.63, 3.8) is 0 Å². The van der Waals surface area contributed by atoms with Crippen LogP contribution in [0.3, 0.4) is 0 Å². The number of aryl methyl sites for hydroxylation is 1. The van der Waals surface area contributed by atoms with E-state index >= 15 is 0 Å². The molecule has 2 N–H and O–H groups in total. The molecular weight excluding hydrogens is 290 g/mol. The van der Waals surface area contributed by atoms with Gasteiger partial charge in [-0.3, -0.25) is 9.59 Å². The minimum atomic E-state index is -0.829. The minimum absolute atomic E-state index is 0.251. The molecule has 0 heterocycles. The monoisotopic (exact) mass is 309 g/mol. The molecule has 0 aromatic heterocycles. The number of nitrogens with one attached hydrogen (secondary N) is 1. The molecule has 2 atom stereocenters. The zero-order chi connectivity index (χ0) is 15.4. The van der Waals surface area contributed by atoms with Gasteiger partial charge in [-0.05, 0) is 43.5 Å². The van der Waals surface area contributed by atoms with E-state index in [1.807, 2.05) is 6.92 Å². The van der Waals surface area contributed by atoms with Crippen molar-refractivity contribution in [2.24, 2.45) is 5.92 Å². The number of carbonyl (C=O) groups is 2. The fraction of sp³-hybridized carbons (Fsp3) is 0.500. The normalized spacial score (nSPS) is 22.4. The van der Waals surface area contributed by atoms with Crippen molar-refractivity contribution >= 4 is 23.5 Å². The van der Waals surface area contributed by atoms with E-state index in [9.17, 15) is 14.7 Å². The maximum Gasteiger partial charge on any atom is 0.308 e. The SMILES string of the molecule is Cc1cc(Cl)cc(C(=O)NC2CCCCCC2C(=O)O)c1. The molecule has 1 aromatic carbocycles. The van der Waals surface area contributed by atoms with E-state index in [0.717, 1.165) is 24.8 Å². The molecular formula is C16H20ClNO3. The lowest BCUT2D eigenvalue weighted by Gasteiger charge is -2.23. The average Bonchev–Trinajstić information content (AvgIpc) is 2.63. The Morgan fingerprint density at radius 3 is 2.57 bits per heavy atom. The van der Waals surface area contributed by atoms with E-state index in [-0.39, 0.29) is 11.9 Å². The Kier molecular flexibility index (Phi) is 5.23. The lowest BCUT2D eigenvalue weighted by molar-refractivity contribution is -0.142. The van der Waals surface area contributed by atoms with Crippen LogP contribution in [0.4, 0.5) is 0 Å². The Balaban J connectivity index is 2.14. The topological polar surface area (TPSA) is 66.4 Å². The summed E-state index contributed by atoms with van der Waals surface area (Å²) in [7, 11) is 0. The fourth-order valence-corrected chi connectivity index (χ4v) is 3.18. The molecule has 1 aromatic rings.